The van der Waals surface area contributed by atoms with Crippen LogP contribution in [0.1, 0.15) is 33.1 Å². The SMILES string of the molecule is CC1CC(N)(CC(N)CO)C(C)CC1O. The summed E-state index contributed by atoms with van der Waals surface area (Å²) in [7, 11) is 0. The van der Waals surface area contributed by atoms with Crippen molar-refractivity contribution in [1.82, 2.24) is 0 Å². The van der Waals surface area contributed by atoms with Crippen LogP contribution < -0.4 is 11.5 Å². The fourth-order valence-electron chi connectivity index (χ4n) is 2.60. The lowest BCUT2D eigenvalue weighted by Gasteiger charge is -2.45. The van der Waals surface area contributed by atoms with Crippen molar-refractivity contribution >= 4 is 0 Å². The summed E-state index contributed by atoms with van der Waals surface area (Å²) in [6.45, 7) is 4.05. The summed E-state index contributed by atoms with van der Waals surface area (Å²) in [6.07, 6.45) is 1.89. The minimum absolute atomic E-state index is 0.0252. The van der Waals surface area contributed by atoms with Crippen LogP contribution in [-0.2, 0) is 0 Å². The van der Waals surface area contributed by atoms with E-state index < -0.39 is 0 Å². The first-order valence-corrected chi connectivity index (χ1v) is 5.72. The van der Waals surface area contributed by atoms with Gasteiger partial charge in [-0.25, -0.2) is 0 Å². The Labute approximate surface area is 91.7 Å². The normalized spacial score (nSPS) is 44.0. The highest BCUT2D eigenvalue weighted by molar-refractivity contribution is 4.99. The van der Waals surface area contributed by atoms with E-state index in [-0.39, 0.29) is 36.1 Å². The maximum absolute atomic E-state index is 9.74. The molecule has 0 saturated heterocycles. The van der Waals surface area contributed by atoms with Gasteiger partial charge in [-0.3, -0.25) is 0 Å². The molecule has 1 aliphatic rings. The van der Waals surface area contributed by atoms with Gasteiger partial charge in [-0.2, -0.15) is 0 Å². The van der Waals surface area contributed by atoms with Crippen molar-refractivity contribution < 1.29 is 10.2 Å². The van der Waals surface area contributed by atoms with Crippen LogP contribution in [0.5, 0.6) is 0 Å². The maximum Gasteiger partial charge on any atom is 0.0583 e. The topological polar surface area (TPSA) is 92.5 Å². The molecule has 1 saturated carbocycles. The van der Waals surface area contributed by atoms with Gasteiger partial charge in [0.25, 0.3) is 0 Å². The lowest BCUT2D eigenvalue weighted by Crippen LogP contribution is -2.56. The van der Waals surface area contributed by atoms with Gasteiger partial charge in [-0.15, -0.1) is 0 Å². The van der Waals surface area contributed by atoms with Crippen LogP contribution in [0.2, 0.25) is 0 Å². The van der Waals surface area contributed by atoms with Gasteiger partial charge in [0.05, 0.1) is 12.7 Å². The lowest BCUT2D eigenvalue weighted by atomic mass is 9.66. The lowest BCUT2D eigenvalue weighted by molar-refractivity contribution is 0.00831. The molecule has 0 aromatic carbocycles. The van der Waals surface area contributed by atoms with Crippen molar-refractivity contribution in [2.75, 3.05) is 6.61 Å². The van der Waals surface area contributed by atoms with Crippen LogP contribution >= 0.6 is 0 Å². The van der Waals surface area contributed by atoms with E-state index >= 15 is 0 Å². The van der Waals surface area contributed by atoms with E-state index in [2.05, 4.69) is 6.92 Å². The Morgan fingerprint density at radius 1 is 1.47 bits per heavy atom. The second-order valence-corrected chi connectivity index (χ2v) is 5.27. The zero-order valence-electron chi connectivity index (χ0n) is 9.69. The summed E-state index contributed by atoms with van der Waals surface area (Å²) in [4.78, 5) is 0. The highest BCUT2D eigenvalue weighted by atomic mass is 16.3. The fraction of sp³-hybridized carbons (Fsp3) is 1.00. The van der Waals surface area contributed by atoms with E-state index in [9.17, 15) is 5.11 Å². The molecular formula is C11H24N2O2. The average molecular weight is 216 g/mol. The first-order chi connectivity index (χ1) is 6.89. The molecule has 0 amide bonds. The highest BCUT2D eigenvalue weighted by Crippen LogP contribution is 2.37. The molecule has 90 valence electrons. The summed E-state index contributed by atoms with van der Waals surface area (Å²) in [5, 5.41) is 18.7. The molecule has 4 heteroatoms. The average Bonchev–Trinajstić information content (AvgIpc) is 2.15. The predicted octanol–water partition coefficient (Wildman–Crippen LogP) is -0.179. The highest BCUT2D eigenvalue weighted by Gasteiger charge is 2.41. The van der Waals surface area contributed by atoms with Gasteiger partial charge in [-0.1, -0.05) is 13.8 Å². The molecule has 1 rings (SSSR count). The second-order valence-electron chi connectivity index (χ2n) is 5.27. The number of aliphatic hydroxyl groups is 2. The fourth-order valence-corrected chi connectivity index (χ4v) is 2.60. The first-order valence-electron chi connectivity index (χ1n) is 5.72. The second kappa shape index (κ2) is 4.78. The van der Waals surface area contributed by atoms with Gasteiger partial charge < -0.3 is 21.7 Å². The minimum Gasteiger partial charge on any atom is -0.395 e. The smallest absolute Gasteiger partial charge is 0.0583 e. The minimum atomic E-state index is -0.333. The van der Waals surface area contributed by atoms with Gasteiger partial charge in [0.15, 0.2) is 0 Å². The number of aliphatic hydroxyl groups excluding tert-OH is 2. The molecule has 1 fully saturated rings. The largest absolute Gasteiger partial charge is 0.395 e. The van der Waals surface area contributed by atoms with E-state index in [1.807, 2.05) is 6.92 Å². The van der Waals surface area contributed by atoms with Crippen molar-refractivity contribution in [3.05, 3.63) is 0 Å². The van der Waals surface area contributed by atoms with Crippen molar-refractivity contribution in [2.24, 2.45) is 23.3 Å². The van der Waals surface area contributed by atoms with Crippen molar-refractivity contribution in [2.45, 2.75) is 50.8 Å². The van der Waals surface area contributed by atoms with Crippen molar-refractivity contribution in [3.8, 4) is 0 Å². The van der Waals surface area contributed by atoms with Gasteiger partial charge in [0.2, 0.25) is 0 Å². The predicted molar refractivity (Wildman–Crippen MR) is 60.2 cm³/mol. The third-order valence-electron chi connectivity index (χ3n) is 3.81. The Hall–Kier alpha value is -0.160. The van der Waals surface area contributed by atoms with Crippen LogP contribution in [0.3, 0.4) is 0 Å². The molecule has 5 unspecified atom stereocenters. The summed E-state index contributed by atoms with van der Waals surface area (Å²) < 4.78 is 0. The summed E-state index contributed by atoms with van der Waals surface area (Å²) in [5.74, 6) is 0.471. The molecular weight excluding hydrogens is 192 g/mol. The Balaban J connectivity index is 2.65. The van der Waals surface area contributed by atoms with Gasteiger partial charge in [-0.05, 0) is 31.1 Å². The molecule has 0 aromatic rings. The van der Waals surface area contributed by atoms with Gasteiger partial charge in [0.1, 0.15) is 0 Å². The third-order valence-corrected chi connectivity index (χ3v) is 3.81. The zero-order valence-corrected chi connectivity index (χ0v) is 9.69. The molecule has 0 aliphatic heterocycles. The third kappa shape index (κ3) is 2.91. The number of nitrogens with two attached hydrogens (primary N) is 2. The quantitative estimate of drug-likeness (QED) is 0.526. The summed E-state index contributed by atoms with van der Waals surface area (Å²) >= 11 is 0. The number of hydrogen-bond acceptors (Lipinski definition) is 4. The molecule has 0 heterocycles. The molecule has 4 nitrogen and oxygen atoms in total. The van der Waals surface area contributed by atoms with Gasteiger partial charge >= 0.3 is 0 Å². The molecule has 0 bridgehead atoms. The van der Waals surface area contributed by atoms with Crippen molar-refractivity contribution in [1.29, 1.82) is 0 Å². The van der Waals surface area contributed by atoms with Crippen LogP contribution in [0.25, 0.3) is 0 Å². The summed E-state index contributed by atoms with van der Waals surface area (Å²) in [6, 6.07) is -0.250. The van der Waals surface area contributed by atoms with Crippen LogP contribution in [0.4, 0.5) is 0 Å². The molecule has 1 aliphatic carbocycles. The zero-order chi connectivity index (χ0) is 11.6. The van der Waals surface area contributed by atoms with Crippen molar-refractivity contribution in [3.63, 3.8) is 0 Å². The maximum atomic E-state index is 9.74. The molecule has 0 spiro atoms. The van der Waals surface area contributed by atoms with Crippen LogP contribution in [0.15, 0.2) is 0 Å². The summed E-state index contributed by atoms with van der Waals surface area (Å²) in [5.41, 5.74) is 11.7. The number of hydrogen-bond donors (Lipinski definition) is 4. The molecule has 0 aromatic heterocycles. The molecule has 6 N–H and O–H groups in total. The van der Waals surface area contributed by atoms with Crippen LogP contribution in [0, 0.1) is 11.8 Å². The van der Waals surface area contributed by atoms with E-state index in [0.717, 1.165) is 12.8 Å². The first kappa shape index (κ1) is 12.9. The standard InChI is InChI=1S/C11H24N2O2/c1-7-4-11(13,5-9(12)6-14)8(2)3-10(7)15/h7-10,14-15H,3-6,12-13H2,1-2H3. The monoisotopic (exact) mass is 216 g/mol. The Bertz CT molecular complexity index is 209. The Morgan fingerprint density at radius 2 is 2.07 bits per heavy atom. The molecule has 5 atom stereocenters. The van der Waals surface area contributed by atoms with Crippen LogP contribution in [-0.4, -0.2) is 34.5 Å². The van der Waals surface area contributed by atoms with Gasteiger partial charge in [0, 0.05) is 11.6 Å². The van der Waals surface area contributed by atoms with E-state index in [1.165, 1.54) is 0 Å². The molecule has 15 heavy (non-hydrogen) atoms. The Kier molecular flexibility index (Phi) is 4.12. The number of rotatable bonds is 3. The van der Waals surface area contributed by atoms with E-state index in [1.54, 1.807) is 0 Å². The van der Waals surface area contributed by atoms with E-state index in [4.69, 9.17) is 16.6 Å². The molecule has 0 radical (unpaired) electrons. The van der Waals surface area contributed by atoms with E-state index in [0.29, 0.717) is 6.42 Å². The Morgan fingerprint density at radius 3 is 2.60 bits per heavy atom.